The van der Waals surface area contributed by atoms with E-state index >= 15 is 0 Å². The molecule has 0 saturated carbocycles. The molecule has 19 heavy (non-hydrogen) atoms. The van der Waals surface area contributed by atoms with Gasteiger partial charge < -0.3 is 21.1 Å². The molecule has 4 N–H and O–H groups in total. The van der Waals surface area contributed by atoms with Gasteiger partial charge in [0.1, 0.15) is 5.69 Å². The van der Waals surface area contributed by atoms with Gasteiger partial charge in [-0.15, -0.1) is 0 Å². The van der Waals surface area contributed by atoms with E-state index in [-0.39, 0.29) is 11.6 Å². The molecule has 0 fully saturated rings. The van der Waals surface area contributed by atoms with Gasteiger partial charge in [-0.05, 0) is 12.1 Å². The number of nitrogens with two attached hydrogens (primary N) is 1. The number of hydrogen-bond donors (Lipinski definition) is 3. The van der Waals surface area contributed by atoms with E-state index in [4.69, 9.17) is 10.5 Å². The Labute approximate surface area is 111 Å². The summed E-state index contributed by atoms with van der Waals surface area (Å²) in [5.41, 5.74) is 5.59. The van der Waals surface area contributed by atoms with Gasteiger partial charge in [-0.3, -0.25) is 14.6 Å². The van der Waals surface area contributed by atoms with Crippen LogP contribution in [0.15, 0.2) is 18.3 Å². The van der Waals surface area contributed by atoms with E-state index in [9.17, 15) is 9.59 Å². The summed E-state index contributed by atoms with van der Waals surface area (Å²) < 4.78 is 4.87. The Morgan fingerprint density at radius 1 is 1.32 bits per heavy atom. The number of methoxy groups -OCH3 is 1. The molecule has 7 heteroatoms. The van der Waals surface area contributed by atoms with Gasteiger partial charge in [-0.2, -0.15) is 0 Å². The van der Waals surface area contributed by atoms with Gasteiger partial charge in [-0.1, -0.05) is 0 Å². The van der Waals surface area contributed by atoms with Crippen LogP contribution in [0.3, 0.4) is 0 Å². The molecule has 2 amide bonds. The van der Waals surface area contributed by atoms with Crippen molar-refractivity contribution in [3.8, 4) is 0 Å². The van der Waals surface area contributed by atoms with Crippen LogP contribution in [0.4, 0.5) is 0 Å². The third-order valence-corrected chi connectivity index (χ3v) is 2.35. The first-order valence-corrected chi connectivity index (χ1v) is 5.89. The molecule has 0 aliphatic heterocycles. The number of carbonyl (C=O) groups is 2. The quantitative estimate of drug-likeness (QED) is 0.531. The fraction of sp³-hybridized carbons (Fsp3) is 0.417. The molecule has 0 radical (unpaired) electrons. The van der Waals surface area contributed by atoms with Crippen LogP contribution in [0.5, 0.6) is 0 Å². The summed E-state index contributed by atoms with van der Waals surface area (Å²) in [6, 6.07) is 2.94. The lowest BCUT2D eigenvalue weighted by Gasteiger charge is -2.06. The van der Waals surface area contributed by atoms with Crippen molar-refractivity contribution in [2.24, 2.45) is 5.73 Å². The molecule has 0 spiro atoms. The van der Waals surface area contributed by atoms with Gasteiger partial charge in [0.2, 0.25) is 0 Å². The molecular formula is C12H18N4O3. The Bertz CT molecular complexity index is 419. The van der Waals surface area contributed by atoms with Crippen LogP contribution < -0.4 is 16.4 Å². The highest BCUT2D eigenvalue weighted by Gasteiger charge is 2.07. The highest BCUT2D eigenvalue weighted by atomic mass is 16.5. The van der Waals surface area contributed by atoms with Gasteiger partial charge in [-0.25, -0.2) is 0 Å². The normalized spacial score (nSPS) is 10.2. The maximum Gasteiger partial charge on any atom is 0.267 e. The average Bonchev–Trinajstić information content (AvgIpc) is 2.42. The van der Waals surface area contributed by atoms with E-state index in [0.29, 0.717) is 25.3 Å². The van der Waals surface area contributed by atoms with E-state index in [1.807, 2.05) is 0 Å². The lowest BCUT2D eigenvalue weighted by molar-refractivity contribution is 0.0949. The maximum atomic E-state index is 11.7. The molecule has 0 aromatic carbocycles. The van der Waals surface area contributed by atoms with E-state index < -0.39 is 5.91 Å². The number of amides is 2. The number of hydrogen-bond acceptors (Lipinski definition) is 5. The minimum atomic E-state index is -0.616. The van der Waals surface area contributed by atoms with Crippen LogP contribution >= 0.6 is 0 Å². The Kier molecular flexibility index (Phi) is 6.48. The smallest absolute Gasteiger partial charge is 0.267 e. The van der Waals surface area contributed by atoms with Crippen molar-refractivity contribution < 1.29 is 14.3 Å². The molecule has 0 atom stereocenters. The number of nitrogens with one attached hydrogen (secondary N) is 2. The fourth-order valence-electron chi connectivity index (χ4n) is 1.34. The fourth-order valence-corrected chi connectivity index (χ4v) is 1.34. The number of rotatable bonds is 8. The SMILES string of the molecule is COCCNCCNC(=O)c1ccc(C(N)=O)nc1. The first-order valence-electron chi connectivity index (χ1n) is 5.89. The van der Waals surface area contributed by atoms with Crippen molar-refractivity contribution in [2.75, 3.05) is 33.4 Å². The number of carbonyl (C=O) groups excluding carboxylic acids is 2. The monoisotopic (exact) mass is 266 g/mol. The highest BCUT2D eigenvalue weighted by Crippen LogP contribution is 1.99. The Hall–Kier alpha value is -1.99. The predicted molar refractivity (Wildman–Crippen MR) is 69.8 cm³/mol. The minimum absolute atomic E-state index is 0.137. The third-order valence-electron chi connectivity index (χ3n) is 2.35. The molecule has 0 aliphatic rings. The highest BCUT2D eigenvalue weighted by molar-refractivity contribution is 5.95. The zero-order chi connectivity index (χ0) is 14.1. The zero-order valence-corrected chi connectivity index (χ0v) is 10.8. The van der Waals surface area contributed by atoms with Crippen LogP contribution in [0.1, 0.15) is 20.8 Å². The van der Waals surface area contributed by atoms with Gasteiger partial charge in [0.05, 0.1) is 12.2 Å². The Balaban J connectivity index is 2.31. The molecular weight excluding hydrogens is 248 g/mol. The van der Waals surface area contributed by atoms with Crippen molar-refractivity contribution in [3.05, 3.63) is 29.6 Å². The molecule has 0 bridgehead atoms. The lowest BCUT2D eigenvalue weighted by atomic mass is 10.2. The summed E-state index contributed by atoms with van der Waals surface area (Å²) in [4.78, 5) is 26.3. The van der Waals surface area contributed by atoms with Crippen molar-refractivity contribution >= 4 is 11.8 Å². The molecule has 0 aliphatic carbocycles. The third kappa shape index (κ3) is 5.45. The number of nitrogens with zero attached hydrogens (tertiary/aromatic N) is 1. The van der Waals surface area contributed by atoms with Crippen LogP contribution in [0, 0.1) is 0 Å². The molecule has 104 valence electrons. The largest absolute Gasteiger partial charge is 0.383 e. The van der Waals surface area contributed by atoms with Gasteiger partial charge in [0.15, 0.2) is 0 Å². The van der Waals surface area contributed by atoms with Gasteiger partial charge in [0.25, 0.3) is 11.8 Å². The van der Waals surface area contributed by atoms with Gasteiger partial charge in [0, 0.05) is 32.9 Å². The number of pyridine rings is 1. The van der Waals surface area contributed by atoms with E-state index in [1.165, 1.54) is 18.3 Å². The van der Waals surface area contributed by atoms with E-state index in [2.05, 4.69) is 15.6 Å². The van der Waals surface area contributed by atoms with Crippen LogP contribution in [0.25, 0.3) is 0 Å². The number of aromatic nitrogens is 1. The molecule has 7 nitrogen and oxygen atoms in total. The van der Waals surface area contributed by atoms with Crippen molar-refractivity contribution in [3.63, 3.8) is 0 Å². The van der Waals surface area contributed by atoms with Crippen LogP contribution in [0.2, 0.25) is 0 Å². The lowest BCUT2D eigenvalue weighted by Crippen LogP contribution is -2.33. The predicted octanol–water partition coefficient (Wildman–Crippen LogP) is -0.854. The average molecular weight is 266 g/mol. The second-order valence-corrected chi connectivity index (χ2v) is 3.80. The van der Waals surface area contributed by atoms with Crippen molar-refractivity contribution in [2.45, 2.75) is 0 Å². The molecule has 0 saturated heterocycles. The van der Waals surface area contributed by atoms with Crippen LogP contribution in [-0.2, 0) is 4.74 Å². The summed E-state index contributed by atoms with van der Waals surface area (Å²) >= 11 is 0. The minimum Gasteiger partial charge on any atom is -0.383 e. The second kappa shape index (κ2) is 8.17. The first-order chi connectivity index (χ1) is 9.15. The number of ether oxygens (including phenoxy) is 1. The Morgan fingerprint density at radius 2 is 2.11 bits per heavy atom. The summed E-state index contributed by atoms with van der Waals surface area (Å²) in [6.45, 7) is 2.52. The van der Waals surface area contributed by atoms with Crippen molar-refractivity contribution in [1.82, 2.24) is 15.6 Å². The molecule has 1 aromatic heterocycles. The second-order valence-electron chi connectivity index (χ2n) is 3.80. The Morgan fingerprint density at radius 3 is 2.68 bits per heavy atom. The van der Waals surface area contributed by atoms with Crippen molar-refractivity contribution in [1.29, 1.82) is 0 Å². The summed E-state index contributed by atoms with van der Waals surface area (Å²) in [5.74, 6) is -0.855. The van der Waals surface area contributed by atoms with E-state index in [0.717, 1.165) is 6.54 Å². The summed E-state index contributed by atoms with van der Waals surface area (Å²) in [7, 11) is 1.63. The number of primary amides is 1. The topological polar surface area (TPSA) is 106 Å². The first kappa shape index (κ1) is 15.1. The standard InChI is InChI=1S/C12H18N4O3/c1-19-7-6-14-4-5-15-12(18)9-2-3-10(11(13)17)16-8-9/h2-3,8,14H,4-7H2,1H3,(H2,13,17)(H,15,18). The van der Waals surface area contributed by atoms with Gasteiger partial charge >= 0.3 is 0 Å². The molecule has 0 unspecified atom stereocenters. The molecule has 1 rings (SSSR count). The molecule has 1 heterocycles. The van der Waals surface area contributed by atoms with E-state index in [1.54, 1.807) is 7.11 Å². The summed E-state index contributed by atoms with van der Waals surface area (Å²) in [5, 5.41) is 5.83. The maximum absolute atomic E-state index is 11.7. The zero-order valence-electron chi connectivity index (χ0n) is 10.8. The molecule has 1 aromatic rings. The van der Waals surface area contributed by atoms with Crippen LogP contribution in [-0.4, -0.2) is 50.1 Å². The summed E-state index contributed by atoms with van der Waals surface area (Å²) in [6.07, 6.45) is 1.33.